The third-order valence-corrected chi connectivity index (χ3v) is 6.94. The van der Waals surface area contributed by atoms with Crippen molar-refractivity contribution in [2.45, 2.75) is 53.0 Å². The zero-order valence-corrected chi connectivity index (χ0v) is 21.0. The summed E-state index contributed by atoms with van der Waals surface area (Å²) in [5, 5.41) is 0. The average Bonchev–Trinajstić information content (AvgIpc) is 3.40. The predicted molar refractivity (Wildman–Crippen MR) is 141 cm³/mol. The van der Waals surface area contributed by atoms with E-state index in [1.165, 1.54) is 5.56 Å². The van der Waals surface area contributed by atoms with Gasteiger partial charge >= 0.3 is 0 Å². The number of rotatable bonds is 7. The van der Waals surface area contributed by atoms with E-state index in [1.807, 2.05) is 11.0 Å². The minimum Gasteiger partial charge on any atom is -0.493 e. The third-order valence-electron chi connectivity index (χ3n) is 6.94. The number of benzene rings is 3. The van der Waals surface area contributed by atoms with Crippen LogP contribution in [0.4, 0.5) is 5.69 Å². The molecule has 1 aliphatic rings. The maximum absolute atomic E-state index is 13.1. The van der Waals surface area contributed by atoms with E-state index < -0.39 is 0 Å². The zero-order valence-electron chi connectivity index (χ0n) is 21.0. The summed E-state index contributed by atoms with van der Waals surface area (Å²) >= 11 is 0. The van der Waals surface area contributed by atoms with Crippen LogP contribution in [0.25, 0.3) is 11.0 Å². The number of aromatic nitrogens is 2. The van der Waals surface area contributed by atoms with Crippen molar-refractivity contribution in [3.63, 3.8) is 0 Å². The first-order chi connectivity index (χ1) is 16.9. The van der Waals surface area contributed by atoms with Crippen LogP contribution in [0.1, 0.15) is 46.8 Å². The number of carbonyl (C=O) groups is 1. The molecule has 1 amide bonds. The lowest BCUT2D eigenvalue weighted by Gasteiger charge is -2.20. The van der Waals surface area contributed by atoms with Crippen LogP contribution >= 0.6 is 0 Å². The van der Waals surface area contributed by atoms with Gasteiger partial charge in [0.1, 0.15) is 11.6 Å². The molecule has 0 bridgehead atoms. The highest BCUT2D eigenvalue weighted by molar-refractivity contribution is 5.97. The highest BCUT2D eigenvalue weighted by Gasteiger charge is 2.35. The van der Waals surface area contributed by atoms with Crippen molar-refractivity contribution < 1.29 is 9.53 Å². The molecule has 1 aliphatic heterocycles. The van der Waals surface area contributed by atoms with Crippen molar-refractivity contribution in [1.82, 2.24) is 9.55 Å². The molecule has 1 unspecified atom stereocenters. The number of hydrogen-bond donors (Lipinski definition) is 0. The predicted octanol–water partition coefficient (Wildman–Crippen LogP) is 6.26. The summed E-state index contributed by atoms with van der Waals surface area (Å²) in [5.74, 6) is 2.17. The second-order valence-electron chi connectivity index (χ2n) is 9.78. The van der Waals surface area contributed by atoms with Crippen LogP contribution in [0, 0.1) is 27.7 Å². The average molecular weight is 468 g/mol. The summed E-state index contributed by atoms with van der Waals surface area (Å²) in [6.45, 7) is 10.4. The molecule has 3 aromatic carbocycles. The van der Waals surface area contributed by atoms with Gasteiger partial charge in [-0.25, -0.2) is 4.98 Å². The van der Waals surface area contributed by atoms with Crippen molar-refractivity contribution in [1.29, 1.82) is 0 Å². The minimum absolute atomic E-state index is 0.0649. The number of imidazole rings is 1. The minimum atomic E-state index is 0.0649. The van der Waals surface area contributed by atoms with Gasteiger partial charge in [-0.1, -0.05) is 42.0 Å². The fourth-order valence-corrected chi connectivity index (χ4v) is 5.13. The summed E-state index contributed by atoms with van der Waals surface area (Å²) in [6, 6.07) is 20.8. The highest BCUT2D eigenvalue weighted by atomic mass is 16.5. The van der Waals surface area contributed by atoms with Gasteiger partial charge in [-0.05, 0) is 75.1 Å². The van der Waals surface area contributed by atoms with E-state index >= 15 is 0 Å². The molecular formula is C30H33N3O2. The Labute approximate surface area is 207 Å². The van der Waals surface area contributed by atoms with Gasteiger partial charge in [0.05, 0.1) is 17.6 Å². The molecule has 4 aromatic rings. The Bertz CT molecular complexity index is 1390. The number of anilines is 1. The first-order valence-electron chi connectivity index (χ1n) is 12.4. The number of carbonyl (C=O) groups excluding carboxylic acids is 1. The van der Waals surface area contributed by atoms with Gasteiger partial charge < -0.3 is 14.2 Å². The molecule has 1 aromatic heterocycles. The van der Waals surface area contributed by atoms with Gasteiger partial charge in [-0.3, -0.25) is 4.79 Å². The number of hydrogen-bond acceptors (Lipinski definition) is 3. The first kappa shape index (κ1) is 23.2. The van der Waals surface area contributed by atoms with Crippen molar-refractivity contribution in [3.05, 3.63) is 88.7 Å². The van der Waals surface area contributed by atoms with Gasteiger partial charge in [0, 0.05) is 31.1 Å². The van der Waals surface area contributed by atoms with Gasteiger partial charge in [-0.2, -0.15) is 0 Å². The van der Waals surface area contributed by atoms with Gasteiger partial charge in [0.15, 0.2) is 0 Å². The molecule has 5 heteroatoms. The summed E-state index contributed by atoms with van der Waals surface area (Å²) in [5.41, 5.74) is 7.81. The van der Waals surface area contributed by atoms with Crippen molar-refractivity contribution >= 4 is 22.6 Å². The highest BCUT2D eigenvalue weighted by Crippen LogP contribution is 2.35. The van der Waals surface area contributed by atoms with E-state index in [0.717, 1.165) is 58.0 Å². The van der Waals surface area contributed by atoms with Crippen molar-refractivity contribution in [3.8, 4) is 5.75 Å². The monoisotopic (exact) mass is 467 g/mol. The molecule has 0 spiro atoms. The van der Waals surface area contributed by atoms with E-state index in [4.69, 9.17) is 9.72 Å². The van der Waals surface area contributed by atoms with Crippen LogP contribution in [-0.4, -0.2) is 28.6 Å². The lowest BCUT2D eigenvalue weighted by atomic mass is 10.1. The fraction of sp³-hybridized carbons (Fsp3) is 0.333. The largest absolute Gasteiger partial charge is 0.493 e. The van der Waals surface area contributed by atoms with Crippen molar-refractivity contribution in [2.24, 2.45) is 0 Å². The van der Waals surface area contributed by atoms with Gasteiger partial charge in [-0.15, -0.1) is 0 Å². The van der Waals surface area contributed by atoms with E-state index in [2.05, 4.69) is 86.9 Å². The van der Waals surface area contributed by atoms with Crippen LogP contribution in [0.3, 0.4) is 0 Å². The fourth-order valence-electron chi connectivity index (χ4n) is 5.13. The summed E-state index contributed by atoms with van der Waals surface area (Å²) in [7, 11) is 0. The Morgan fingerprint density at radius 2 is 1.71 bits per heavy atom. The maximum Gasteiger partial charge on any atom is 0.227 e. The standard InChI is InChI=1S/C30H33N3O2/c1-20-11-13-28(23(4)16-20)35-15-7-14-32-26-9-6-5-8-25(26)31-30(32)24-18-29(34)33(19-24)27-17-21(2)10-12-22(27)3/h5-6,8-13,16-17,24H,7,14-15,18-19H2,1-4H3. The molecule has 0 aliphatic carbocycles. The molecule has 1 fully saturated rings. The number of ether oxygens (including phenoxy) is 1. The van der Waals surface area contributed by atoms with E-state index in [9.17, 15) is 4.79 Å². The third kappa shape index (κ3) is 4.68. The van der Waals surface area contributed by atoms with Crippen LogP contribution in [0.5, 0.6) is 5.75 Å². The second kappa shape index (κ2) is 9.57. The normalized spacial score (nSPS) is 15.8. The molecular weight excluding hydrogens is 434 g/mol. The van der Waals surface area contributed by atoms with Crippen LogP contribution < -0.4 is 9.64 Å². The second-order valence-corrected chi connectivity index (χ2v) is 9.78. The number of nitrogens with zero attached hydrogens (tertiary/aromatic N) is 3. The Morgan fingerprint density at radius 3 is 2.54 bits per heavy atom. The number of fused-ring (bicyclic) bond motifs is 1. The molecule has 0 saturated carbocycles. The first-order valence-corrected chi connectivity index (χ1v) is 12.4. The Hall–Kier alpha value is -3.60. The Morgan fingerprint density at radius 1 is 0.943 bits per heavy atom. The molecule has 1 saturated heterocycles. The van der Waals surface area contributed by atoms with E-state index in [0.29, 0.717) is 19.6 Å². The summed E-state index contributed by atoms with van der Waals surface area (Å²) in [4.78, 5) is 20.0. The van der Waals surface area contributed by atoms with Gasteiger partial charge in [0.25, 0.3) is 0 Å². The Balaban J connectivity index is 1.36. The van der Waals surface area contributed by atoms with Crippen LogP contribution in [0.2, 0.25) is 0 Å². The molecule has 0 radical (unpaired) electrons. The molecule has 2 heterocycles. The molecule has 0 N–H and O–H groups in total. The van der Waals surface area contributed by atoms with Crippen LogP contribution in [0.15, 0.2) is 60.7 Å². The SMILES string of the molecule is Cc1ccc(OCCCn2c(C3CC(=O)N(c4cc(C)ccc4C)C3)nc3ccccc32)c(C)c1. The number of aryl methyl sites for hydroxylation is 5. The topological polar surface area (TPSA) is 47.4 Å². The number of para-hydroxylation sites is 2. The summed E-state index contributed by atoms with van der Waals surface area (Å²) in [6.07, 6.45) is 1.35. The lowest BCUT2D eigenvalue weighted by Crippen LogP contribution is -2.25. The molecule has 5 rings (SSSR count). The Kier molecular flexibility index (Phi) is 6.33. The summed E-state index contributed by atoms with van der Waals surface area (Å²) < 4.78 is 8.38. The molecule has 1 atom stereocenters. The zero-order chi connectivity index (χ0) is 24.5. The smallest absolute Gasteiger partial charge is 0.227 e. The quantitative estimate of drug-likeness (QED) is 0.301. The van der Waals surface area contributed by atoms with E-state index in [-0.39, 0.29) is 11.8 Å². The van der Waals surface area contributed by atoms with Gasteiger partial charge in [0.2, 0.25) is 5.91 Å². The maximum atomic E-state index is 13.1. The van der Waals surface area contributed by atoms with Crippen molar-refractivity contribution in [2.75, 3.05) is 18.1 Å². The molecule has 180 valence electrons. The van der Waals surface area contributed by atoms with E-state index in [1.54, 1.807) is 0 Å². The number of amides is 1. The van der Waals surface area contributed by atoms with Crippen LogP contribution in [-0.2, 0) is 11.3 Å². The lowest BCUT2D eigenvalue weighted by molar-refractivity contribution is -0.117. The molecule has 5 nitrogen and oxygen atoms in total. The molecule has 35 heavy (non-hydrogen) atoms.